The molecule has 0 amide bonds. The van der Waals surface area contributed by atoms with E-state index in [2.05, 4.69) is 3.48 Å². The van der Waals surface area contributed by atoms with Gasteiger partial charge in [0.05, 0.1) is 0 Å². The molecule has 0 aliphatic heterocycles. The Morgan fingerprint density at radius 1 is 1.00 bits per heavy atom. The molecular formula is H14AlN3O4Si. The normalized spacial score (nSPS) is 7.89. The lowest BCUT2D eigenvalue weighted by molar-refractivity contribution is 0.134. The Kier molecular flexibility index (Phi) is 21.4. The average Bonchev–Trinajstić information content (AvgIpc) is 1.35. The smallest absolute Gasteiger partial charge is 0.487 e. The van der Waals surface area contributed by atoms with Crippen LogP contribution in [0.1, 0.15) is 0 Å². The zero-order valence-corrected chi connectivity index (χ0v) is 8.37. The van der Waals surface area contributed by atoms with Crippen molar-refractivity contribution in [3.63, 3.8) is 0 Å². The molecule has 0 aromatic rings. The standard InChI is InChI=1S/Al.3H3N.H3O4Si.2H/c;;;;1-5(2,3)4;;/h;3*1H3;1-3H;;/q+1;;;;-1;;. The van der Waals surface area contributed by atoms with Crippen LogP contribution in [-0.4, -0.2) is 40.1 Å². The zero-order valence-electron chi connectivity index (χ0n) is 5.37. The predicted molar refractivity (Wildman–Crippen MR) is 37.1 cm³/mol. The summed E-state index contributed by atoms with van der Waals surface area (Å²) >= 11 is 0.160. The van der Waals surface area contributed by atoms with Crippen molar-refractivity contribution < 1.29 is 17.9 Å². The molecule has 0 unspecified atom stereocenters. The van der Waals surface area contributed by atoms with Crippen molar-refractivity contribution in [1.82, 2.24) is 18.5 Å². The minimum Gasteiger partial charge on any atom is -0.487 e. The molecule has 9 heteroatoms. The fourth-order valence-corrected chi connectivity index (χ4v) is 0. The van der Waals surface area contributed by atoms with E-state index in [0.29, 0.717) is 0 Å². The zero-order chi connectivity index (χ0) is 5.21. The van der Waals surface area contributed by atoms with Gasteiger partial charge >= 0.3 is 25.7 Å². The third-order valence-corrected chi connectivity index (χ3v) is 2.46. The molecular weight excluding hydrogens is 161 g/mol. The summed E-state index contributed by atoms with van der Waals surface area (Å²) in [5, 5.41) is 0. The van der Waals surface area contributed by atoms with Crippen molar-refractivity contribution in [2.45, 2.75) is 0 Å². The lowest BCUT2D eigenvalue weighted by atomic mass is 14.0. The Morgan fingerprint density at radius 3 is 1.11 bits per heavy atom. The maximum absolute atomic E-state index is 7.89. The molecule has 0 saturated carbocycles. The molecule has 0 saturated heterocycles. The fraction of sp³-hybridized carbons (Fsp3) is 0. The second-order valence-corrected chi connectivity index (χ2v) is 3.56. The van der Waals surface area contributed by atoms with Crippen molar-refractivity contribution in [1.29, 1.82) is 0 Å². The first-order chi connectivity index (χ1) is 2.56. The summed E-state index contributed by atoms with van der Waals surface area (Å²) in [5.74, 6) is 0. The largest absolute Gasteiger partial charge is 0.641 e. The van der Waals surface area contributed by atoms with Crippen molar-refractivity contribution in [3.05, 3.63) is 0 Å². The van der Waals surface area contributed by atoms with Crippen LogP contribution in [0.4, 0.5) is 0 Å². The van der Waals surface area contributed by atoms with Crippen molar-refractivity contribution in [3.8, 4) is 0 Å². The van der Waals surface area contributed by atoms with Gasteiger partial charge in [0, 0.05) is 0 Å². The lowest BCUT2D eigenvalue weighted by Gasteiger charge is -2.03. The minimum atomic E-state index is -4.07. The van der Waals surface area contributed by atoms with Crippen LogP contribution in [0.5, 0.6) is 0 Å². The molecule has 0 atom stereocenters. The first-order valence-corrected chi connectivity index (χ1v) is 3.85. The maximum Gasteiger partial charge on any atom is 0.641 e. The van der Waals surface area contributed by atoms with Gasteiger partial charge in [0.1, 0.15) is 0 Å². The monoisotopic (exact) mass is 175 g/mol. The van der Waals surface area contributed by atoms with Gasteiger partial charge in [-0.05, 0) is 0 Å². The van der Waals surface area contributed by atoms with Crippen LogP contribution in [0.2, 0.25) is 0 Å². The van der Waals surface area contributed by atoms with E-state index < -0.39 is 9.05 Å². The molecule has 0 bridgehead atoms. The Hall–Kier alpha value is 0.469. The highest BCUT2D eigenvalue weighted by Crippen LogP contribution is 1.79. The Balaban J connectivity index is -0.0000000417. The van der Waals surface area contributed by atoms with Gasteiger partial charge < -0.3 is 36.3 Å². The molecule has 0 aliphatic rings. The Labute approximate surface area is 62.7 Å². The van der Waals surface area contributed by atoms with Gasteiger partial charge in [-0.15, -0.1) is 0 Å². The first-order valence-electron chi connectivity index (χ1n) is 1.28. The quantitative estimate of drug-likeness (QED) is 0.237. The van der Waals surface area contributed by atoms with Crippen LogP contribution < -0.4 is 18.5 Å². The summed E-state index contributed by atoms with van der Waals surface area (Å²) in [6.07, 6.45) is 0. The summed E-state index contributed by atoms with van der Waals surface area (Å²) < 4.78 is 3.88. The molecule has 7 nitrogen and oxygen atoms in total. The van der Waals surface area contributed by atoms with Crippen LogP contribution in [0.15, 0.2) is 0 Å². The summed E-state index contributed by atoms with van der Waals surface area (Å²) in [7, 11) is -4.07. The summed E-state index contributed by atoms with van der Waals surface area (Å²) in [5.41, 5.74) is 0. The van der Waals surface area contributed by atoms with Gasteiger partial charge in [-0.25, -0.2) is 0 Å². The van der Waals surface area contributed by atoms with Gasteiger partial charge in [-0.3, -0.25) is 0 Å². The van der Waals surface area contributed by atoms with Crippen molar-refractivity contribution >= 4 is 25.7 Å². The summed E-state index contributed by atoms with van der Waals surface area (Å²) in [6.45, 7) is 0. The lowest BCUT2D eigenvalue weighted by Crippen LogP contribution is -2.37. The molecule has 9 heavy (non-hydrogen) atoms. The molecule has 0 aromatic heterocycles. The molecule has 0 fully saturated rings. The van der Waals surface area contributed by atoms with Crippen LogP contribution in [-0.2, 0) is 3.48 Å². The third-order valence-electron chi connectivity index (χ3n) is 0.274. The number of hydrogen-bond donors (Lipinski definition) is 6. The molecule has 0 rings (SSSR count). The summed E-state index contributed by atoms with van der Waals surface area (Å²) in [6, 6.07) is 0. The molecule has 0 aromatic carbocycles. The molecule has 60 valence electrons. The third kappa shape index (κ3) is 29.4. The van der Waals surface area contributed by atoms with E-state index in [1.807, 2.05) is 0 Å². The molecule has 12 N–H and O–H groups in total. The van der Waals surface area contributed by atoms with Crippen LogP contribution in [0, 0.1) is 0 Å². The van der Waals surface area contributed by atoms with Crippen LogP contribution in [0.3, 0.4) is 0 Å². The average molecular weight is 175 g/mol. The number of hydrogen-bond acceptors (Lipinski definition) is 7. The minimum absolute atomic E-state index is 0. The predicted octanol–water partition coefficient (Wildman–Crippen LogP) is -2.55. The van der Waals surface area contributed by atoms with E-state index in [1.54, 1.807) is 0 Å². The second-order valence-electron chi connectivity index (χ2n) is 0.778. The first kappa shape index (κ1) is 22.7. The van der Waals surface area contributed by atoms with Gasteiger partial charge in [-0.2, -0.15) is 0 Å². The maximum atomic E-state index is 7.89. The molecule has 0 aliphatic carbocycles. The highest BCUT2D eigenvalue weighted by atomic mass is 28.4. The molecule has 0 radical (unpaired) electrons. The molecule has 0 spiro atoms. The van der Waals surface area contributed by atoms with Crippen LogP contribution in [0.25, 0.3) is 0 Å². The Bertz CT molecular complexity index is 45.6. The Morgan fingerprint density at radius 2 is 1.11 bits per heavy atom. The van der Waals surface area contributed by atoms with Gasteiger partial charge in [0.2, 0.25) is 0 Å². The van der Waals surface area contributed by atoms with Crippen LogP contribution >= 0.6 is 0 Å². The SMILES string of the molecule is N.N.N.O[Si](O)(O)[O][AlH2]. The van der Waals surface area contributed by atoms with Crippen molar-refractivity contribution in [2.75, 3.05) is 0 Å². The number of rotatable bonds is 1. The van der Waals surface area contributed by atoms with E-state index >= 15 is 0 Å². The van der Waals surface area contributed by atoms with Gasteiger partial charge in [0.15, 0.2) is 0 Å². The van der Waals surface area contributed by atoms with E-state index in [-0.39, 0.29) is 35.1 Å². The highest BCUT2D eigenvalue weighted by Gasteiger charge is 2.25. The van der Waals surface area contributed by atoms with E-state index in [0.717, 1.165) is 0 Å². The van der Waals surface area contributed by atoms with E-state index in [9.17, 15) is 0 Å². The van der Waals surface area contributed by atoms with Gasteiger partial charge in [-0.1, -0.05) is 0 Å². The topological polar surface area (TPSA) is 175 Å². The second kappa shape index (κ2) is 8.47. The van der Waals surface area contributed by atoms with Gasteiger partial charge in [0.25, 0.3) is 0 Å². The summed E-state index contributed by atoms with van der Waals surface area (Å²) in [4.78, 5) is 23.7. The van der Waals surface area contributed by atoms with Crippen molar-refractivity contribution in [2.24, 2.45) is 0 Å². The molecule has 0 heterocycles. The van der Waals surface area contributed by atoms with E-state index in [4.69, 9.17) is 14.4 Å². The highest BCUT2D eigenvalue weighted by molar-refractivity contribution is 6.52. The van der Waals surface area contributed by atoms with E-state index in [1.165, 1.54) is 0 Å². The fourth-order valence-electron chi connectivity index (χ4n) is 0.